The predicted octanol–water partition coefficient (Wildman–Crippen LogP) is 2.16. The Kier molecular flexibility index (Phi) is 4.46. The lowest BCUT2D eigenvalue weighted by Crippen LogP contribution is -2.29. The second-order valence-corrected chi connectivity index (χ2v) is 4.19. The Balaban J connectivity index is 2.16. The van der Waals surface area contributed by atoms with E-state index in [1.54, 1.807) is 0 Å². The fraction of sp³-hybridized carbons (Fsp3) is 0.385. The van der Waals surface area contributed by atoms with Crippen LogP contribution in [0.5, 0.6) is 5.75 Å². The lowest BCUT2D eigenvalue weighted by atomic mass is 10.2. The third-order valence-electron chi connectivity index (χ3n) is 2.68. The van der Waals surface area contributed by atoms with Crippen LogP contribution in [0, 0.1) is 5.82 Å². The second kappa shape index (κ2) is 6.29. The summed E-state index contributed by atoms with van der Waals surface area (Å²) >= 11 is 0. The molecule has 0 aliphatic heterocycles. The van der Waals surface area contributed by atoms with Gasteiger partial charge >= 0.3 is 0 Å². The lowest BCUT2D eigenvalue weighted by Gasteiger charge is -2.23. The Morgan fingerprint density at radius 3 is 2.68 bits per heavy atom. The van der Waals surface area contributed by atoms with Gasteiger partial charge in [-0.25, -0.2) is 14.1 Å². The van der Waals surface area contributed by atoms with E-state index in [2.05, 4.69) is 10.1 Å². The minimum Gasteiger partial charge on any atom is -0.466 e. The van der Waals surface area contributed by atoms with Gasteiger partial charge in [-0.3, -0.25) is 0 Å². The number of rotatable bonds is 6. The molecule has 0 spiro atoms. The third-order valence-corrected chi connectivity index (χ3v) is 2.68. The summed E-state index contributed by atoms with van der Waals surface area (Å²) in [6.45, 7) is 1.97. The van der Waals surface area contributed by atoms with Crippen molar-refractivity contribution in [2.24, 2.45) is 0 Å². The van der Waals surface area contributed by atoms with E-state index in [9.17, 15) is 9.50 Å². The Bertz CT molecular complexity index is 487. The minimum atomic E-state index is -0.711. The van der Waals surface area contributed by atoms with Gasteiger partial charge in [0.15, 0.2) is 0 Å². The van der Waals surface area contributed by atoms with Gasteiger partial charge in [0.1, 0.15) is 30.3 Å². The number of ether oxygens (including phenoxy) is 1. The van der Waals surface area contributed by atoms with Gasteiger partial charge in [0, 0.05) is 0 Å². The smallest absolute Gasteiger partial charge is 0.218 e. The quantitative estimate of drug-likeness (QED) is 0.869. The van der Waals surface area contributed by atoms with Crippen LogP contribution < -0.4 is 4.74 Å². The number of nitrogens with zero attached hydrogens (tertiary/aromatic N) is 3. The van der Waals surface area contributed by atoms with Gasteiger partial charge in [0.25, 0.3) is 0 Å². The molecule has 0 bridgehead atoms. The van der Waals surface area contributed by atoms with Crippen molar-refractivity contribution in [1.29, 1.82) is 0 Å². The average molecular weight is 265 g/mol. The highest BCUT2D eigenvalue weighted by Crippen LogP contribution is 2.21. The first-order valence-electron chi connectivity index (χ1n) is 6.15. The van der Waals surface area contributed by atoms with Crippen LogP contribution in [0.2, 0.25) is 0 Å². The maximum absolute atomic E-state index is 12.8. The van der Waals surface area contributed by atoms with Crippen LogP contribution in [0.4, 0.5) is 4.39 Å². The largest absolute Gasteiger partial charge is 0.466 e. The molecule has 0 saturated carbocycles. The van der Waals surface area contributed by atoms with Crippen molar-refractivity contribution < 1.29 is 14.2 Å². The highest BCUT2D eigenvalue weighted by Gasteiger charge is 2.23. The number of aliphatic hydroxyl groups is 1. The molecule has 2 unspecified atom stereocenters. The zero-order valence-electron chi connectivity index (χ0n) is 10.6. The summed E-state index contributed by atoms with van der Waals surface area (Å²) in [5.41, 5.74) is 0. The molecule has 102 valence electrons. The summed E-state index contributed by atoms with van der Waals surface area (Å²) in [7, 11) is 0. The molecule has 19 heavy (non-hydrogen) atoms. The van der Waals surface area contributed by atoms with Crippen molar-refractivity contribution >= 4 is 0 Å². The Morgan fingerprint density at radius 1 is 1.37 bits per heavy atom. The molecule has 2 atom stereocenters. The molecule has 1 heterocycles. The van der Waals surface area contributed by atoms with Gasteiger partial charge in [0.05, 0.1) is 0 Å². The summed E-state index contributed by atoms with van der Waals surface area (Å²) in [4.78, 5) is 3.84. The summed E-state index contributed by atoms with van der Waals surface area (Å²) in [5.74, 6) is 0.135. The molecule has 0 amide bonds. The molecule has 6 heteroatoms. The van der Waals surface area contributed by atoms with Crippen LogP contribution >= 0.6 is 0 Å². The molecule has 0 radical (unpaired) electrons. The molecule has 0 aliphatic carbocycles. The van der Waals surface area contributed by atoms with Gasteiger partial charge < -0.3 is 9.84 Å². The van der Waals surface area contributed by atoms with Crippen molar-refractivity contribution in [2.75, 3.05) is 0 Å². The van der Waals surface area contributed by atoms with E-state index in [-0.39, 0.29) is 5.82 Å². The maximum atomic E-state index is 12.8. The molecule has 0 fully saturated rings. The van der Waals surface area contributed by atoms with Crippen molar-refractivity contribution in [1.82, 2.24) is 14.8 Å². The van der Waals surface area contributed by atoms with Gasteiger partial charge in [-0.1, -0.05) is 13.3 Å². The molecule has 0 saturated heterocycles. The monoisotopic (exact) mass is 265 g/mol. The number of aromatic nitrogens is 3. The van der Waals surface area contributed by atoms with E-state index >= 15 is 0 Å². The first kappa shape index (κ1) is 13.5. The minimum absolute atomic E-state index is 0.334. The topological polar surface area (TPSA) is 60.2 Å². The SMILES string of the molecule is CCCC(O)C(Oc1ccc(F)cc1)n1cncn1. The van der Waals surface area contributed by atoms with E-state index in [0.29, 0.717) is 12.2 Å². The summed E-state index contributed by atoms with van der Waals surface area (Å²) in [6.07, 6.45) is 2.86. The normalized spacial score (nSPS) is 14.1. The maximum Gasteiger partial charge on any atom is 0.218 e. The van der Waals surface area contributed by atoms with Gasteiger partial charge in [-0.2, -0.15) is 5.10 Å². The van der Waals surface area contributed by atoms with Crippen LogP contribution in [0.25, 0.3) is 0 Å². The van der Waals surface area contributed by atoms with E-state index in [1.807, 2.05) is 6.92 Å². The predicted molar refractivity (Wildman–Crippen MR) is 67.0 cm³/mol. The zero-order chi connectivity index (χ0) is 13.7. The number of aliphatic hydroxyl groups excluding tert-OH is 1. The molecule has 1 N–H and O–H groups in total. The number of halogens is 1. The van der Waals surface area contributed by atoms with E-state index in [0.717, 1.165) is 6.42 Å². The number of hydrogen-bond acceptors (Lipinski definition) is 4. The summed E-state index contributed by atoms with van der Waals surface area (Å²) < 4.78 is 20.0. The first-order valence-corrected chi connectivity index (χ1v) is 6.15. The van der Waals surface area contributed by atoms with Gasteiger partial charge in [-0.05, 0) is 30.7 Å². The van der Waals surface area contributed by atoms with Crippen molar-refractivity contribution in [2.45, 2.75) is 32.1 Å². The molecular weight excluding hydrogens is 249 g/mol. The average Bonchev–Trinajstić information content (AvgIpc) is 2.92. The highest BCUT2D eigenvalue weighted by atomic mass is 19.1. The van der Waals surface area contributed by atoms with Gasteiger partial charge in [-0.15, -0.1) is 0 Å². The summed E-state index contributed by atoms with van der Waals surface area (Å²) in [6, 6.07) is 5.63. The molecule has 2 aromatic rings. The van der Waals surface area contributed by atoms with E-state index < -0.39 is 12.3 Å². The molecule has 1 aromatic heterocycles. The second-order valence-electron chi connectivity index (χ2n) is 4.19. The Hall–Kier alpha value is -1.95. The Morgan fingerprint density at radius 2 is 2.11 bits per heavy atom. The standard InChI is InChI=1S/C13H16FN3O2/c1-2-3-12(18)13(17-9-15-8-16-17)19-11-6-4-10(14)5-7-11/h4-9,12-13,18H,2-3H2,1H3. The molecule has 2 rings (SSSR count). The van der Waals surface area contributed by atoms with Crippen LogP contribution in [-0.2, 0) is 0 Å². The van der Waals surface area contributed by atoms with Crippen LogP contribution in [-0.4, -0.2) is 26.0 Å². The van der Waals surface area contributed by atoms with Crippen molar-refractivity contribution in [3.8, 4) is 5.75 Å². The lowest BCUT2D eigenvalue weighted by molar-refractivity contribution is -0.0219. The van der Waals surface area contributed by atoms with Crippen LogP contribution in [0.1, 0.15) is 26.0 Å². The molecular formula is C13H16FN3O2. The number of hydrogen-bond donors (Lipinski definition) is 1. The molecule has 1 aromatic carbocycles. The summed E-state index contributed by atoms with van der Waals surface area (Å²) in [5, 5.41) is 14.1. The fourth-order valence-electron chi connectivity index (χ4n) is 1.75. The zero-order valence-corrected chi connectivity index (χ0v) is 10.6. The molecule has 5 nitrogen and oxygen atoms in total. The van der Waals surface area contributed by atoms with Gasteiger partial charge in [0.2, 0.25) is 6.23 Å². The van der Waals surface area contributed by atoms with E-state index in [4.69, 9.17) is 4.74 Å². The number of benzene rings is 1. The molecule has 0 aliphatic rings. The van der Waals surface area contributed by atoms with Crippen LogP contribution in [0.15, 0.2) is 36.9 Å². The highest BCUT2D eigenvalue weighted by molar-refractivity contribution is 5.22. The fourth-order valence-corrected chi connectivity index (χ4v) is 1.75. The first-order chi connectivity index (χ1) is 9.20. The van der Waals surface area contributed by atoms with Crippen molar-refractivity contribution in [3.05, 3.63) is 42.7 Å². The van der Waals surface area contributed by atoms with Crippen LogP contribution in [0.3, 0.4) is 0 Å². The van der Waals surface area contributed by atoms with E-state index in [1.165, 1.54) is 41.6 Å². The van der Waals surface area contributed by atoms with Crippen molar-refractivity contribution in [3.63, 3.8) is 0 Å². The Labute approximate surface area is 110 Å². The third kappa shape index (κ3) is 3.51.